The molecule has 0 aromatic heterocycles. The number of carbonyl (C=O) groups excluding carboxylic acids is 4. The van der Waals surface area contributed by atoms with E-state index in [9.17, 15) is 19.2 Å². The van der Waals surface area contributed by atoms with Crippen molar-refractivity contribution in [3.05, 3.63) is 12.2 Å². The molecule has 0 unspecified atom stereocenters. The van der Waals surface area contributed by atoms with Gasteiger partial charge >= 0.3 is 23.9 Å². The molecule has 0 rings (SSSR count). The van der Waals surface area contributed by atoms with Crippen LogP contribution in [-0.4, -0.2) is 50.3 Å². The Hall–Kier alpha value is -2.38. The zero-order valence-corrected chi connectivity index (χ0v) is 15.9. The SMILES string of the molecule is C=C(CCC(C(=O)OCC)C(=O)OCC)C(C(=O)OCC)C(=O)OCC. The summed E-state index contributed by atoms with van der Waals surface area (Å²) in [4.78, 5) is 48.1. The first-order valence-electron chi connectivity index (χ1n) is 8.67. The van der Waals surface area contributed by atoms with E-state index in [1.807, 2.05) is 0 Å². The number of carbonyl (C=O) groups is 4. The third-order valence-corrected chi connectivity index (χ3v) is 3.35. The van der Waals surface area contributed by atoms with E-state index in [1.165, 1.54) is 0 Å². The topological polar surface area (TPSA) is 105 Å². The maximum Gasteiger partial charge on any atom is 0.324 e. The molecule has 0 heterocycles. The molecule has 0 bridgehead atoms. The number of rotatable bonds is 12. The van der Waals surface area contributed by atoms with Crippen LogP contribution in [0.4, 0.5) is 0 Å². The van der Waals surface area contributed by atoms with Crippen molar-refractivity contribution in [1.29, 1.82) is 0 Å². The van der Waals surface area contributed by atoms with Crippen LogP contribution in [0.3, 0.4) is 0 Å². The first-order chi connectivity index (χ1) is 12.3. The lowest BCUT2D eigenvalue weighted by Gasteiger charge is -2.19. The first kappa shape index (κ1) is 23.6. The summed E-state index contributed by atoms with van der Waals surface area (Å²) in [6.07, 6.45) is 0.0381. The number of esters is 4. The highest BCUT2D eigenvalue weighted by atomic mass is 16.6. The zero-order chi connectivity index (χ0) is 20.1. The minimum Gasteiger partial charge on any atom is -0.465 e. The summed E-state index contributed by atoms with van der Waals surface area (Å²) in [5.74, 6) is -5.46. The Bertz CT molecular complexity index is 475. The molecule has 148 valence electrons. The van der Waals surface area contributed by atoms with Crippen molar-refractivity contribution < 1.29 is 38.1 Å². The third kappa shape index (κ3) is 7.67. The van der Waals surface area contributed by atoms with Crippen molar-refractivity contribution in [3.63, 3.8) is 0 Å². The van der Waals surface area contributed by atoms with E-state index in [1.54, 1.807) is 27.7 Å². The molecule has 0 aromatic rings. The van der Waals surface area contributed by atoms with Gasteiger partial charge in [-0.05, 0) is 40.5 Å². The summed E-state index contributed by atoms with van der Waals surface area (Å²) in [6, 6.07) is 0. The number of hydrogen-bond donors (Lipinski definition) is 0. The monoisotopic (exact) mass is 372 g/mol. The molecule has 0 N–H and O–H groups in total. The van der Waals surface area contributed by atoms with Crippen molar-refractivity contribution in [3.8, 4) is 0 Å². The molecule has 0 aliphatic heterocycles. The van der Waals surface area contributed by atoms with Crippen molar-refractivity contribution in [2.24, 2.45) is 11.8 Å². The van der Waals surface area contributed by atoms with Gasteiger partial charge in [-0.1, -0.05) is 12.2 Å². The zero-order valence-electron chi connectivity index (χ0n) is 15.9. The molecule has 0 saturated heterocycles. The molecule has 0 aromatic carbocycles. The average molecular weight is 372 g/mol. The van der Waals surface area contributed by atoms with Crippen LogP contribution in [0.1, 0.15) is 40.5 Å². The fourth-order valence-electron chi connectivity index (χ4n) is 2.17. The van der Waals surface area contributed by atoms with Gasteiger partial charge in [0.2, 0.25) is 0 Å². The van der Waals surface area contributed by atoms with Gasteiger partial charge in [0.25, 0.3) is 0 Å². The number of hydrogen-bond acceptors (Lipinski definition) is 8. The maximum absolute atomic E-state index is 12.1. The first-order valence-corrected chi connectivity index (χ1v) is 8.67. The van der Waals surface area contributed by atoms with Gasteiger partial charge < -0.3 is 18.9 Å². The lowest BCUT2D eigenvalue weighted by molar-refractivity contribution is -0.162. The summed E-state index contributed by atoms with van der Waals surface area (Å²) < 4.78 is 19.5. The summed E-state index contributed by atoms with van der Waals surface area (Å²) in [5, 5.41) is 0. The Kier molecular flexibility index (Phi) is 11.7. The Morgan fingerprint density at radius 1 is 0.692 bits per heavy atom. The molecule has 0 atom stereocenters. The van der Waals surface area contributed by atoms with Crippen LogP contribution in [0.2, 0.25) is 0 Å². The van der Waals surface area contributed by atoms with Gasteiger partial charge in [-0.25, -0.2) is 0 Å². The predicted octanol–water partition coefficient (Wildman–Crippen LogP) is 1.81. The second-order valence-corrected chi connectivity index (χ2v) is 5.19. The molecule has 26 heavy (non-hydrogen) atoms. The van der Waals surface area contributed by atoms with E-state index in [0.29, 0.717) is 0 Å². The molecule has 0 aliphatic rings. The molecule has 8 heteroatoms. The quantitative estimate of drug-likeness (QED) is 0.221. The van der Waals surface area contributed by atoms with Crippen LogP contribution in [-0.2, 0) is 38.1 Å². The van der Waals surface area contributed by atoms with Crippen LogP contribution in [0.5, 0.6) is 0 Å². The summed E-state index contributed by atoms with van der Waals surface area (Å²) >= 11 is 0. The van der Waals surface area contributed by atoms with E-state index < -0.39 is 35.7 Å². The fraction of sp³-hybridized carbons (Fsp3) is 0.667. The van der Waals surface area contributed by atoms with Gasteiger partial charge in [-0.3, -0.25) is 19.2 Å². The Balaban J connectivity index is 5.16. The molecule has 0 spiro atoms. The summed E-state index contributed by atoms with van der Waals surface area (Å²) in [6.45, 7) is 10.6. The molecule has 0 fully saturated rings. The van der Waals surface area contributed by atoms with Crippen molar-refractivity contribution in [2.45, 2.75) is 40.5 Å². The fourth-order valence-corrected chi connectivity index (χ4v) is 2.17. The van der Waals surface area contributed by atoms with Crippen LogP contribution >= 0.6 is 0 Å². The van der Waals surface area contributed by atoms with Crippen molar-refractivity contribution in [1.82, 2.24) is 0 Å². The second kappa shape index (κ2) is 12.9. The normalized spacial score (nSPS) is 10.4. The minimum atomic E-state index is -1.31. The molecule has 8 nitrogen and oxygen atoms in total. The van der Waals surface area contributed by atoms with Crippen molar-refractivity contribution >= 4 is 23.9 Å². The molecule has 0 saturated carbocycles. The van der Waals surface area contributed by atoms with Gasteiger partial charge in [-0.2, -0.15) is 0 Å². The standard InChI is InChI=1S/C18H28O8/c1-6-23-15(19)13(16(20)24-7-2)11-10-12(5)14(17(21)25-8-3)18(22)26-9-4/h13-14H,5-11H2,1-4H3. The van der Waals surface area contributed by atoms with E-state index in [-0.39, 0.29) is 44.8 Å². The van der Waals surface area contributed by atoms with Crippen LogP contribution < -0.4 is 0 Å². The molecular weight excluding hydrogens is 344 g/mol. The minimum absolute atomic E-state index is 0.00812. The maximum atomic E-state index is 12.1. The smallest absolute Gasteiger partial charge is 0.324 e. The Labute approximate surface area is 153 Å². The molecule has 0 radical (unpaired) electrons. The Morgan fingerprint density at radius 3 is 1.38 bits per heavy atom. The second-order valence-electron chi connectivity index (χ2n) is 5.19. The Morgan fingerprint density at radius 2 is 1.04 bits per heavy atom. The lowest BCUT2D eigenvalue weighted by atomic mass is 9.92. The summed E-state index contributed by atoms with van der Waals surface area (Å²) in [5.41, 5.74) is 0.195. The third-order valence-electron chi connectivity index (χ3n) is 3.35. The van der Waals surface area contributed by atoms with E-state index >= 15 is 0 Å². The molecule has 0 aliphatic carbocycles. The molecular formula is C18H28O8. The highest BCUT2D eigenvalue weighted by Crippen LogP contribution is 2.22. The van der Waals surface area contributed by atoms with Crippen LogP contribution in [0, 0.1) is 11.8 Å². The highest BCUT2D eigenvalue weighted by molar-refractivity contribution is 5.98. The van der Waals surface area contributed by atoms with E-state index in [2.05, 4.69) is 6.58 Å². The van der Waals surface area contributed by atoms with E-state index in [4.69, 9.17) is 18.9 Å². The van der Waals surface area contributed by atoms with Gasteiger partial charge in [-0.15, -0.1) is 0 Å². The van der Waals surface area contributed by atoms with Gasteiger partial charge in [0, 0.05) is 0 Å². The van der Waals surface area contributed by atoms with Crippen LogP contribution in [0.25, 0.3) is 0 Å². The molecule has 0 amide bonds. The van der Waals surface area contributed by atoms with Crippen LogP contribution in [0.15, 0.2) is 12.2 Å². The summed E-state index contributed by atoms with van der Waals surface area (Å²) in [7, 11) is 0. The predicted molar refractivity (Wildman–Crippen MR) is 91.9 cm³/mol. The highest BCUT2D eigenvalue weighted by Gasteiger charge is 2.35. The van der Waals surface area contributed by atoms with Crippen molar-refractivity contribution in [2.75, 3.05) is 26.4 Å². The van der Waals surface area contributed by atoms with Gasteiger partial charge in [0.15, 0.2) is 11.8 Å². The average Bonchev–Trinajstić information content (AvgIpc) is 2.56. The largest absolute Gasteiger partial charge is 0.465 e. The number of ether oxygens (including phenoxy) is 4. The van der Waals surface area contributed by atoms with Gasteiger partial charge in [0.05, 0.1) is 26.4 Å². The lowest BCUT2D eigenvalue weighted by Crippen LogP contribution is -2.31. The van der Waals surface area contributed by atoms with E-state index in [0.717, 1.165) is 0 Å². The van der Waals surface area contributed by atoms with Gasteiger partial charge in [0.1, 0.15) is 0 Å².